The number of amides is 1. The number of para-hydroxylation sites is 2. The lowest BCUT2D eigenvalue weighted by atomic mass is 10.2. The highest BCUT2D eigenvalue weighted by atomic mass is 16.5. The summed E-state index contributed by atoms with van der Waals surface area (Å²) in [5.41, 5.74) is 2.23. The van der Waals surface area contributed by atoms with Crippen LogP contribution in [0.2, 0.25) is 0 Å². The molecule has 1 amide bonds. The molecule has 2 aromatic carbocycles. The molecule has 4 rings (SSSR count). The molecule has 134 valence electrons. The van der Waals surface area contributed by atoms with Crippen LogP contribution in [0, 0.1) is 0 Å². The van der Waals surface area contributed by atoms with E-state index >= 15 is 0 Å². The summed E-state index contributed by atoms with van der Waals surface area (Å²) in [5, 5.41) is 2.67. The highest BCUT2D eigenvalue weighted by molar-refractivity contribution is 6.02. The summed E-state index contributed by atoms with van der Waals surface area (Å²) in [6.07, 6.45) is 1.42. The lowest BCUT2D eigenvalue weighted by molar-refractivity contribution is 0.0440. The van der Waals surface area contributed by atoms with Crippen LogP contribution in [0.5, 0.6) is 0 Å². The molecule has 27 heavy (non-hydrogen) atoms. The van der Waals surface area contributed by atoms with E-state index in [0.717, 1.165) is 0 Å². The monoisotopic (exact) mass is 362 g/mol. The lowest BCUT2D eigenvalue weighted by Crippen LogP contribution is -2.11. The van der Waals surface area contributed by atoms with Crippen molar-refractivity contribution in [2.45, 2.75) is 6.61 Å². The first kappa shape index (κ1) is 16.6. The smallest absolute Gasteiger partial charge is 0.338 e. The van der Waals surface area contributed by atoms with Crippen molar-refractivity contribution < 1.29 is 23.2 Å². The predicted molar refractivity (Wildman–Crippen MR) is 96.2 cm³/mol. The third-order valence-electron chi connectivity index (χ3n) is 3.79. The molecule has 2 heterocycles. The van der Waals surface area contributed by atoms with Gasteiger partial charge in [0.05, 0.1) is 11.8 Å². The number of carbonyl (C=O) groups excluding carboxylic acids is 2. The Labute approximate surface area is 153 Å². The number of furan rings is 1. The number of hydrogen-bond donors (Lipinski definition) is 1. The van der Waals surface area contributed by atoms with Crippen LogP contribution in [-0.2, 0) is 11.3 Å². The Morgan fingerprint density at radius 1 is 1.00 bits per heavy atom. The zero-order valence-electron chi connectivity index (χ0n) is 14.0. The summed E-state index contributed by atoms with van der Waals surface area (Å²) in [6.45, 7) is -0.0650. The molecular formula is C20H14N2O5. The largest absolute Gasteiger partial charge is 0.459 e. The van der Waals surface area contributed by atoms with Crippen molar-refractivity contribution in [3.05, 3.63) is 84.1 Å². The second kappa shape index (κ2) is 7.17. The van der Waals surface area contributed by atoms with Crippen LogP contribution in [0.25, 0.3) is 11.1 Å². The molecule has 0 saturated carbocycles. The predicted octanol–water partition coefficient (Wildman–Crippen LogP) is 4.03. The van der Waals surface area contributed by atoms with E-state index in [1.807, 2.05) is 18.2 Å². The fraction of sp³-hybridized carbons (Fsp3) is 0.0500. The molecule has 0 bridgehead atoms. The molecule has 7 nitrogen and oxygen atoms in total. The van der Waals surface area contributed by atoms with E-state index in [1.165, 1.54) is 6.26 Å². The van der Waals surface area contributed by atoms with Crippen LogP contribution in [0.4, 0.5) is 5.69 Å². The van der Waals surface area contributed by atoms with E-state index in [2.05, 4.69) is 10.3 Å². The van der Waals surface area contributed by atoms with Gasteiger partial charge in [-0.1, -0.05) is 12.1 Å². The average Bonchev–Trinajstić information content (AvgIpc) is 3.36. The topological polar surface area (TPSA) is 94.6 Å². The van der Waals surface area contributed by atoms with Gasteiger partial charge in [-0.05, 0) is 48.5 Å². The minimum Gasteiger partial charge on any atom is -0.459 e. The van der Waals surface area contributed by atoms with Gasteiger partial charge in [0.2, 0.25) is 5.89 Å². The third-order valence-corrected chi connectivity index (χ3v) is 3.79. The van der Waals surface area contributed by atoms with Crippen molar-refractivity contribution >= 4 is 28.7 Å². The number of carbonyl (C=O) groups is 2. The fourth-order valence-electron chi connectivity index (χ4n) is 2.48. The number of benzene rings is 2. The number of fused-ring (bicyclic) bond motifs is 1. The molecule has 0 atom stereocenters. The summed E-state index contributed by atoms with van der Waals surface area (Å²) < 4.78 is 15.8. The van der Waals surface area contributed by atoms with E-state index in [-0.39, 0.29) is 18.3 Å². The molecule has 0 radical (unpaired) electrons. The maximum atomic E-state index is 12.2. The van der Waals surface area contributed by atoms with Crippen molar-refractivity contribution in [3.63, 3.8) is 0 Å². The van der Waals surface area contributed by atoms with E-state index in [9.17, 15) is 9.59 Å². The first-order valence-electron chi connectivity index (χ1n) is 8.15. The van der Waals surface area contributed by atoms with Gasteiger partial charge in [0, 0.05) is 5.69 Å². The Balaban J connectivity index is 1.36. The van der Waals surface area contributed by atoms with Gasteiger partial charge in [0.15, 0.2) is 18.0 Å². The number of nitrogens with one attached hydrogen (secondary N) is 1. The molecule has 7 heteroatoms. The van der Waals surface area contributed by atoms with E-state index in [0.29, 0.717) is 28.2 Å². The molecule has 0 saturated heterocycles. The standard InChI is InChI=1S/C20H14N2O5/c23-19(17-6-3-11-25-17)21-14-9-7-13(8-10-14)20(24)26-12-18-22-15-4-1-2-5-16(15)27-18/h1-11H,12H2,(H,21,23). The molecule has 0 unspecified atom stereocenters. The van der Waals surface area contributed by atoms with Crippen LogP contribution in [-0.4, -0.2) is 16.9 Å². The van der Waals surface area contributed by atoms with Crippen molar-refractivity contribution in [1.29, 1.82) is 0 Å². The van der Waals surface area contributed by atoms with E-state index in [4.69, 9.17) is 13.6 Å². The number of nitrogens with zero attached hydrogens (tertiary/aromatic N) is 1. The molecule has 0 spiro atoms. The second-order valence-corrected chi connectivity index (χ2v) is 5.66. The van der Waals surface area contributed by atoms with Gasteiger partial charge in [-0.15, -0.1) is 0 Å². The highest BCUT2D eigenvalue weighted by Gasteiger charge is 2.12. The molecular weight excluding hydrogens is 348 g/mol. The maximum absolute atomic E-state index is 12.2. The zero-order valence-corrected chi connectivity index (χ0v) is 14.0. The number of ether oxygens (including phenoxy) is 1. The van der Waals surface area contributed by atoms with Crippen LogP contribution >= 0.6 is 0 Å². The van der Waals surface area contributed by atoms with Crippen LogP contribution < -0.4 is 5.32 Å². The maximum Gasteiger partial charge on any atom is 0.338 e. The average molecular weight is 362 g/mol. The SMILES string of the molecule is O=C(OCc1nc2ccccc2o1)c1ccc(NC(=O)c2ccco2)cc1. The number of rotatable bonds is 5. The number of aromatic nitrogens is 1. The number of hydrogen-bond acceptors (Lipinski definition) is 6. The number of esters is 1. The Morgan fingerprint density at radius 2 is 1.81 bits per heavy atom. The second-order valence-electron chi connectivity index (χ2n) is 5.66. The summed E-state index contributed by atoms with van der Waals surface area (Å²) >= 11 is 0. The van der Waals surface area contributed by atoms with Gasteiger partial charge in [-0.3, -0.25) is 4.79 Å². The quantitative estimate of drug-likeness (QED) is 0.539. The van der Waals surface area contributed by atoms with Crippen molar-refractivity contribution in [1.82, 2.24) is 4.98 Å². The minimum absolute atomic E-state index is 0.0650. The highest BCUT2D eigenvalue weighted by Crippen LogP contribution is 2.16. The number of oxazole rings is 1. The first-order valence-corrected chi connectivity index (χ1v) is 8.15. The molecule has 0 aliphatic heterocycles. The fourth-order valence-corrected chi connectivity index (χ4v) is 2.48. The van der Waals surface area contributed by atoms with Crippen molar-refractivity contribution in [3.8, 4) is 0 Å². The summed E-state index contributed by atoms with van der Waals surface area (Å²) in [5.74, 6) is -0.351. The van der Waals surface area contributed by atoms with Crippen LogP contribution in [0.15, 0.2) is 75.8 Å². The summed E-state index contributed by atoms with van der Waals surface area (Å²) in [4.78, 5) is 28.3. The summed E-state index contributed by atoms with van der Waals surface area (Å²) in [7, 11) is 0. The molecule has 0 fully saturated rings. The Bertz CT molecular complexity index is 1050. The Morgan fingerprint density at radius 3 is 2.56 bits per heavy atom. The summed E-state index contributed by atoms with van der Waals surface area (Å²) in [6, 6.07) is 16.8. The normalized spacial score (nSPS) is 10.7. The molecule has 1 N–H and O–H groups in total. The van der Waals surface area contributed by atoms with Gasteiger partial charge in [-0.2, -0.15) is 0 Å². The van der Waals surface area contributed by atoms with E-state index in [1.54, 1.807) is 42.5 Å². The van der Waals surface area contributed by atoms with Gasteiger partial charge in [-0.25, -0.2) is 9.78 Å². The lowest BCUT2D eigenvalue weighted by Gasteiger charge is -2.05. The zero-order chi connectivity index (χ0) is 18.6. The first-order chi connectivity index (χ1) is 13.2. The molecule has 0 aliphatic rings. The molecule has 0 aliphatic carbocycles. The van der Waals surface area contributed by atoms with Gasteiger partial charge in [0.25, 0.3) is 5.91 Å². The number of anilines is 1. The van der Waals surface area contributed by atoms with Crippen LogP contribution in [0.3, 0.4) is 0 Å². The van der Waals surface area contributed by atoms with Crippen molar-refractivity contribution in [2.75, 3.05) is 5.32 Å². The van der Waals surface area contributed by atoms with Gasteiger partial charge in [0.1, 0.15) is 5.52 Å². The van der Waals surface area contributed by atoms with Gasteiger partial charge < -0.3 is 18.9 Å². The van der Waals surface area contributed by atoms with E-state index < -0.39 is 5.97 Å². The van der Waals surface area contributed by atoms with Crippen LogP contribution in [0.1, 0.15) is 26.8 Å². The minimum atomic E-state index is -0.513. The Kier molecular flexibility index (Phi) is 4.40. The molecule has 2 aromatic heterocycles. The Hall–Kier alpha value is -3.87. The third kappa shape index (κ3) is 3.72. The van der Waals surface area contributed by atoms with Crippen molar-refractivity contribution in [2.24, 2.45) is 0 Å². The van der Waals surface area contributed by atoms with Gasteiger partial charge >= 0.3 is 5.97 Å². The molecule has 4 aromatic rings.